The molecule has 0 radical (unpaired) electrons. The zero-order chi connectivity index (χ0) is 18.8. The van der Waals surface area contributed by atoms with Crippen molar-refractivity contribution < 1.29 is 13.3 Å². The van der Waals surface area contributed by atoms with E-state index in [0.29, 0.717) is 12.2 Å². The van der Waals surface area contributed by atoms with E-state index in [2.05, 4.69) is 0 Å². The van der Waals surface area contributed by atoms with Gasteiger partial charge in [-0.25, -0.2) is 13.6 Å². The van der Waals surface area contributed by atoms with E-state index >= 15 is 0 Å². The smallest absolute Gasteiger partial charge is 0.293 e. The molecule has 2 aromatic rings. The first-order valence-electron chi connectivity index (χ1n) is 7.38. The fourth-order valence-electron chi connectivity index (χ4n) is 2.44. The average Bonchev–Trinajstić information content (AvgIpc) is 2.53. The molecule has 0 saturated heterocycles. The lowest BCUT2D eigenvalue weighted by molar-refractivity contribution is -0.384. The highest BCUT2D eigenvalue weighted by Crippen LogP contribution is 2.31. The van der Waals surface area contributed by atoms with Gasteiger partial charge in [-0.2, -0.15) is 0 Å². The molecule has 0 aromatic heterocycles. The van der Waals surface area contributed by atoms with Crippen molar-refractivity contribution >= 4 is 27.1 Å². The van der Waals surface area contributed by atoms with Crippen molar-refractivity contribution in [1.82, 2.24) is 0 Å². The number of nitro groups is 1. The van der Waals surface area contributed by atoms with Crippen molar-refractivity contribution in [2.45, 2.75) is 11.4 Å². The Morgan fingerprint density at radius 2 is 1.80 bits per heavy atom. The SMILES string of the molecule is CN(C)c1cccc(CN(C)c2ccc(S(N)(=O)=O)cc2[N+](=O)[O-])c1. The van der Waals surface area contributed by atoms with Crippen LogP contribution in [0.2, 0.25) is 0 Å². The van der Waals surface area contributed by atoms with Gasteiger partial charge in [0.15, 0.2) is 0 Å². The van der Waals surface area contributed by atoms with E-state index < -0.39 is 14.9 Å². The number of hydrogen-bond acceptors (Lipinski definition) is 6. The Balaban J connectivity index is 2.37. The molecule has 0 bridgehead atoms. The summed E-state index contributed by atoms with van der Waals surface area (Å²) in [6.45, 7) is 0.428. The molecule has 2 rings (SSSR count). The molecule has 0 aliphatic rings. The van der Waals surface area contributed by atoms with Gasteiger partial charge in [0.25, 0.3) is 5.69 Å². The Labute approximate surface area is 146 Å². The van der Waals surface area contributed by atoms with Gasteiger partial charge < -0.3 is 9.80 Å². The minimum Gasteiger partial charge on any atom is -0.378 e. The minimum atomic E-state index is -4.00. The first-order chi connectivity index (χ1) is 11.6. The number of rotatable bonds is 6. The first-order valence-corrected chi connectivity index (χ1v) is 8.93. The maximum Gasteiger partial charge on any atom is 0.293 e. The third-order valence-electron chi connectivity index (χ3n) is 3.73. The number of nitrogens with two attached hydrogens (primary N) is 1. The van der Waals surface area contributed by atoms with Crippen LogP contribution in [0.5, 0.6) is 0 Å². The van der Waals surface area contributed by atoms with E-state index in [1.165, 1.54) is 12.1 Å². The highest BCUT2D eigenvalue weighted by molar-refractivity contribution is 7.89. The summed E-state index contributed by atoms with van der Waals surface area (Å²) < 4.78 is 22.8. The first kappa shape index (κ1) is 18.7. The van der Waals surface area contributed by atoms with Crippen LogP contribution in [0.15, 0.2) is 47.4 Å². The predicted molar refractivity (Wildman–Crippen MR) is 97.3 cm³/mol. The van der Waals surface area contributed by atoms with Crippen LogP contribution in [0.25, 0.3) is 0 Å². The Morgan fingerprint density at radius 3 is 2.36 bits per heavy atom. The summed E-state index contributed by atoms with van der Waals surface area (Å²) in [5.74, 6) is 0. The van der Waals surface area contributed by atoms with Crippen LogP contribution in [0, 0.1) is 10.1 Å². The lowest BCUT2D eigenvalue weighted by atomic mass is 10.1. The van der Waals surface area contributed by atoms with Crippen LogP contribution in [0.4, 0.5) is 17.1 Å². The summed E-state index contributed by atoms with van der Waals surface area (Å²) in [7, 11) is 1.57. The molecule has 134 valence electrons. The van der Waals surface area contributed by atoms with Crippen molar-refractivity contribution in [2.24, 2.45) is 5.14 Å². The molecule has 2 N–H and O–H groups in total. The van der Waals surface area contributed by atoms with Crippen LogP contribution in [0.3, 0.4) is 0 Å². The Morgan fingerprint density at radius 1 is 1.12 bits per heavy atom. The fraction of sp³-hybridized carbons (Fsp3) is 0.250. The third-order valence-corrected chi connectivity index (χ3v) is 4.64. The van der Waals surface area contributed by atoms with Crippen LogP contribution < -0.4 is 14.9 Å². The molecule has 0 aliphatic carbocycles. The van der Waals surface area contributed by atoms with Gasteiger partial charge in [0, 0.05) is 39.4 Å². The van der Waals surface area contributed by atoms with Gasteiger partial charge in [-0.15, -0.1) is 0 Å². The Hall–Kier alpha value is -2.65. The topological polar surface area (TPSA) is 110 Å². The van der Waals surface area contributed by atoms with Crippen LogP contribution in [-0.2, 0) is 16.6 Å². The average molecular weight is 364 g/mol. The summed E-state index contributed by atoms with van der Waals surface area (Å²) in [6.07, 6.45) is 0. The molecular weight excluding hydrogens is 344 g/mol. The number of hydrogen-bond donors (Lipinski definition) is 1. The van der Waals surface area contributed by atoms with Gasteiger partial charge in [-0.3, -0.25) is 10.1 Å². The molecule has 0 heterocycles. The summed E-state index contributed by atoms with van der Waals surface area (Å²) >= 11 is 0. The van der Waals surface area contributed by atoms with E-state index in [0.717, 1.165) is 17.3 Å². The standard InChI is InChI=1S/C16H20N4O4S/c1-18(2)13-6-4-5-12(9-13)11-19(3)15-8-7-14(25(17,23)24)10-16(15)20(21)22/h4-10H,11H2,1-3H3,(H2,17,23,24). The van der Waals surface area contributed by atoms with E-state index in [4.69, 9.17) is 5.14 Å². The molecule has 0 amide bonds. The van der Waals surface area contributed by atoms with Crippen LogP contribution in [-0.4, -0.2) is 34.5 Å². The zero-order valence-corrected chi connectivity index (χ0v) is 15.0. The quantitative estimate of drug-likeness (QED) is 0.620. The van der Waals surface area contributed by atoms with Crippen LogP contribution in [0.1, 0.15) is 5.56 Å². The molecular formula is C16H20N4O4S. The lowest BCUT2D eigenvalue weighted by Crippen LogP contribution is -2.19. The van der Waals surface area contributed by atoms with Gasteiger partial charge in [-0.1, -0.05) is 12.1 Å². The summed E-state index contributed by atoms with van der Waals surface area (Å²) in [6, 6.07) is 11.4. The predicted octanol–water partition coefficient (Wildman–Crippen LogP) is 1.94. The van der Waals surface area contributed by atoms with Gasteiger partial charge >= 0.3 is 0 Å². The molecule has 25 heavy (non-hydrogen) atoms. The second kappa shape index (κ2) is 7.08. The molecule has 0 fully saturated rings. The largest absolute Gasteiger partial charge is 0.378 e. The van der Waals surface area contributed by atoms with Gasteiger partial charge in [0.05, 0.1) is 9.82 Å². The molecule has 0 unspecified atom stereocenters. The minimum absolute atomic E-state index is 0.286. The fourth-order valence-corrected chi connectivity index (χ4v) is 2.97. The molecule has 9 heteroatoms. The van der Waals surface area contributed by atoms with Crippen LogP contribution >= 0.6 is 0 Å². The maximum atomic E-state index is 11.4. The molecule has 2 aromatic carbocycles. The van der Waals surface area contributed by atoms with Crippen molar-refractivity contribution in [3.05, 3.63) is 58.1 Å². The highest BCUT2D eigenvalue weighted by atomic mass is 32.2. The lowest BCUT2D eigenvalue weighted by Gasteiger charge is -2.21. The van der Waals surface area contributed by atoms with E-state index in [1.54, 1.807) is 11.9 Å². The van der Waals surface area contributed by atoms with E-state index in [1.807, 2.05) is 43.3 Å². The van der Waals surface area contributed by atoms with Gasteiger partial charge in [0.2, 0.25) is 10.0 Å². The highest BCUT2D eigenvalue weighted by Gasteiger charge is 2.21. The second-order valence-electron chi connectivity index (χ2n) is 5.87. The Bertz CT molecular complexity index is 897. The van der Waals surface area contributed by atoms with Gasteiger partial charge in [-0.05, 0) is 29.8 Å². The van der Waals surface area contributed by atoms with Crippen molar-refractivity contribution in [2.75, 3.05) is 30.9 Å². The Kier molecular flexibility index (Phi) is 5.29. The van der Waals surface area contributed by atoms with Crippen molar-refractivity contribution in [3.63, 3.8) is 0 Å². The second-order valence-corrected chi connectivity index (χ2v) is 7.43. The monoisotopic (exact) mass is 364 g/mol. The summed E-state index contributed by atoms with van der Waals surface area (Å²) in [5.41, 5.74) is 1.99. The number of primary sulfonamides is 1. The number of benzene rings is 2. The number of nitrogens with zero attached hydrogens (tertiary/aromatic N) is 3. The molecule has 0 saturated carbocycles. The summed E-state index contributed by atoms with van der Waals surface area (Å²) in [4.78, 5) is 14.1. The van der Waals surface area contributed by atoms with Crippen molar-refractivity contribution in [1.29, 1.82) is 0 Å². The molecule has 0 spiro atoms. The number of nitro benzene ring substituents is 1. The number of sulfonamides is 1. The zero-order valence-electron chi connectivity index (χ0n) is 14.2. The van der Waals surface area contributed by atoms with E-state index in [-0.39, 0.29) is 10.6 Å². The van der Waals surface area contributed by atoms with Gasteiger partial charge in [0.1, 0.15) is 5.69 Å². The molecule has 0 aliphatic heterocycles. The maximum absolute atomic E-state index is 11.4. The van der Waals surface area contributed by atoms with E-state index in [9.17, 15) is 18.5 Å². The summed E-state index contributed by atoms with van der Waals surface area (Å²) in [5, 5.41) is 16.4. The van der Waals surface area contributed by atoms with Crippen molar-refractivity contribution in [3.8, 4) is 0 Å². The number of anilines is 2. The molecule has 8 nitrogen and oxygen atoms in total. The third kappa shape index (κ3) is 4.46. The normalized spacial score (nSPS) is 11.2. The molecule has 0 atom stereocenters.